The van der Waals surface area contributed by atoms with Crippen molar-refractivity contribution in [2.45, 2.75) is 58.7 Å². The summed E-state index contributed by atoms with van der Waals surface area (Å²) >= 11 is 1.70. The number of ether oxygens (including phenoxy) is 2. The van der Waals surface area contributed by atoms with Gasteiger partial charge in [-0.25, -0.2) is 14.5 Å². The van der Waals surface area contributed by atoms with Crippen molar-refractivity contribution in [1.82, 2.24) is 30.1 Å². The third kappa shape index (κ3) is 5.42. The first-order valence-corrected chi connectivity index (χ1v) is 11.5. The number of amides is 1. The molecule has 1 fully saturated rings. The Bertz CT molecular complexity index is 1030. The number of piperidine rings is 1. The normalized spacial score (nSPS) is 15.1. The lowest BCUT2D eigenvalue weighted by Crippen LogP contribution is -2.41. The second-order valence-electron chi connectivity index (χ2n) is 8.84. The van der Waals surface area contributed by atoms with Gasteiger partial charge in [0, 0.05) is 19.0 Å². The Morgan fingerprint density at radius 1 is 1.19 bits per heavy atom. The van der Waals surface area contributed by atoms with Crippen LogP contribution in [-0.4, -0.2) is 54.9 Å². The molecular weight excluding hydrogens is 428 g/mol. The molecule has 10 heteroatoms. The van der Waals surface area contributed by atoms with Crippen molar-refractivity contribution in [1.29, 1.82) is 0 Å². The van der Waals surface area contributed by atoms with E-state index in [1.165, 1.54) is 0 Å². The standard InChI is InChI=1S/C22H28N6O3S/c1-15-19(13-30-18-7-5-17(6-8-18)28-14-23-25-26-28)32-20(24-15)16-9-11-27(12-10-16)21(29)31-22(2,3)4/h5-8,14,16H,9-13H2,1-4H3. The third-order valence-corrected chi connectivity index (χ3v) is 6.52. The zero-order chi connectivity index (χ0) is 22.7. The van der Waals surface area contributed by atoms with Gasteiger partial charge in [-0.1, -0.05) is 0 Å². The molecule has 0 atom stereocenters. The molecule has 3 aromatic rings. The van der Waals surface area contributed by atoms with Crippen LogP contribution in [-0.2, 0) is 11.3 Å². The summed E-state index contributed by atoms with van der Waals surface area (Å²) in [6.07, 6.45) is 3.11. The predicted molar refractivity (Wildman–Crippen MR) is 120 cm³/mol. The third-order valence-electron chi connectivity index (χ3n) is 5.23. The maximum atomic E-state index is 12.3. The van der Waals surface area contributed by atoms with Crippen LogP contribution < -0.4 is 4.74 Å². The fraction of sp³-hybridized carbons (Fsp3) is 0.500. The Labute approximate surface area is 191 Å². The molecule has 170 valence electrons. The first-order chi connectivity index (χ1) is 15.3. The highest BCUT2D eigenvalue weighted by Crippen LogP contribution is 2.33. The average molecular weight is 457 g/mol. The van der Waals surface area contributed by atoms with Crippen LogP contribution in [0.15, 0.2) is 30.6 Å². The van der Waals surface area contributed by atoms with Crippen LogP contribution >= 0.6 is 11.3 Å². The van der Waals surface area contributed by atoms with E-state index in [4.69, 9.17) is 14.5 Å². The van der Waals surface area contributed by atoms with E-state index in [-0.39, 0.29) is 6.09 Å². The first-order valence-electron chi connectivity index (χ1n) is 10.7. The molecule has 0 radical (unpaired) electrons. The van der Waals surface area contributed by atoms with Crippen molar-refractivity contribution in [3.63, 3.8) is 0 Å². The fourth-order valence-corrected chi connectivity index (χ4v) is 4.67. The van der Waals surface area contributed by atoms with Crippen molar-refractivity contribution in [3.8, 4) is 11.4 Å². The van der Waals surface area contributed by atoms with E-state index < -0.39 is 5.60 Å². The van der Waals surface area contributed by atoms with Crippen LogP contribution in [0.25, 0.3) is 5.69 Å². The summed E-state index contributed by atoms with van der Waals surface area (Å²) in [4.78, 5) is 20.0. The van der Waals surface area contributed by atoms with Gasteiger partial charge in [0.1, 0.15) is 24.3 Å². The molecule has 1 saturated heterocycles. The van der Waals surface area contributed by atoms with Gasteiger partial charge in [-0.15, -0.1) is 16.4 Å². The minimum absolute atomic E-state index is 0.230. The van der Waals surface area contributed by atoms with Crippen LogP contribution in [0.2, 0.25) is 0 Å². The summed E-state index contributed by atoms with van der Waals surface area (Å²) in [5.74, 6) is 1.14. The summed E-state index contributed by atoms with van der Waals surface area (Å²) in [5.41, 5.74) is 1.41. The van der Waals surface area contributed by atoms with Crippen LogP contribution in [0.3, 0.4) is 0 Å². The highest BCUT2D eigenvalue weighted by atomic mass is 32.1. The summed E-state index contributed by atoms with van der Waals surface area (Å²) in [5, 5.41) is 12.3. The summed E-state index contributed by atoms with van der Waals surface area (Å²) in [6, 6.07) is 7.63. The average Bonchev–Trinajstić information content (AvgIpc) is 3.42. The summed E-state index contributed by atoms with van der Waals surface area (Å²) in [6.45, 7) is 9.56. The van der Waals surface area contributed by atoms with Gasteiger partial charge in [-0.3, -0.25) is 0 Å². The monoisotopic (exact) mass is 456 g/mol. The lowest BCUT2D eigenvalue weighted by atomic mass is 9.98. The number of carbonyl (C=O) groups excluding carboxylic acids is 1. The Hall–Kier alpha value is -3.01. The number of rotatable bonds is 5. The van der Waals surface area contributed by atoms with Crippen molar-refractivity contribution < 1.29 is 14.3 Å². The second-order valence-corrected chi connectivity index (χ2v) is 9.95. The SMILES string of the molecule is Cc1nc(C2CCN(C(=O)OC(C)(C)C)CC2)sc1COc1ccc(-n2cnnn2)cc1. The van der Waals surface area contributed by atoms with Crippen molar-refractivity contribution in [3.05, 3.63) is 46.2 Å². The molecule has 0 aliphatic carbocycles. The molecule has 0 unspecified atom stereocenters. The molecule has 32 heavy (non-hydrogen) atoms. The zero-order valence-corrected chi connectivity index (χ0v) is 19.6. The molecular formula is C22H28N6O3S. The number of tetrazole rings is 1. The zero-order valence-electron chi connectivity index (χ0n) is 18.8. The minimum atomic E-state index is -0.469. The van der Waals surface area contributed by atoms with Gasteiger partial charge in [0.15, 0.2) is 0 Å². The number of hydrogen-bond donors (Lipinski definition) is 0. The number of nitrogens with zero attached hydrogens (tertiary/aromatic N) is 6. The molecule has 0 N–H and O–H groups in total. The Balaban J connectivity index is 1.31. The molecule has 0 spiro atoms. The van der Waals surface area contributed by atoms with Gasteiger partial charge < -0.3 is 14.4 Å². The quantitative estimate of drug-likeness (QED) is 0.570. The fourth-order valence-electron chi connectivity index (χ4n) is 3.52. The largest absolute Gasteiger partial charge is 0.488 e. The molecule has 9 nitrogen and oxygen atoms in total. The second kappa shape index (κ2) is 9.23. The molecule has 1 amide bonds. The molecule has 0 saturated carbocycles. The topological polar surface area (TPSA) is 95.3 Å². The van der Waals surface area contributed by atoms with Gasteiger partial charge in [0.25, 0.3) is 0 Å². The molecule has 1 aliphatic rings. The number of aryl methyl sites for hydroxylation is 1. The number of likely N-dealkylation sites (tertiary alicyclic amines) is 1. The van der Waals surface area contributed by atoms with Gasteiger partial charge in [-0.2, -0.15) is 0 Å². The van der Waals surface area contributed by atoms with E-state index in [2.05, 4.69) is 15.5 Å². The van der Waals surface area contributed by atoms with E-state index in [0.717, 1.165) is 39.9 Å². The van der Waals surface area contributed by atoms with E-state index in [1.807, 2.05) is 52.0 Å². The van der Waals surface area contributed by atoms with Crippen LogP contribution in [0.1, 0.15) is 55.1 Å². The van der Waals surface area contributed by atoms with Crippen LogP contribution in [0, 0.1) is 6.92 Å². The van der Waals surface area contributed by atoms with Crippen LogP contribution in [0.5, 0.6) is 5.75 Å². The first kappa shape index (κ1) is 22.2. The smallest absolute Gasteiger partial charge is 0.410 e. The number of carbonyl (C=O) groups is 1. The maximum absolute atomic E-state index is 12.3. The molecule has 2 aromatic heterocycles. The van der Waals surface area contributed by atoms with Gasteiger partial charge in [0.05, 0.1) is 21.3 Å². The van der Waals surface area contributed by atoms with Gasteiger partial charge >= 0.3 is 6.09 Å². The van der Waals surface area contributed by atoms with E-state index in [0.29, 0.717) is 25.6 Å². The minimum Gasteiger partial charge on any atom is -0.488 e. The highest BCUT2D eigenvalue weighted by molar-refractivity contribution is 7.11. The van der Waals surface area contributed by atoms with E-state index in [9.17, 15) is 4.79 Å². The number of aromatic nitrogens is 5. The molecule has 3 heterocycles. The lowest BCUT2D eigenvalue weighted by molar-refractivity contribution is 0.0204. The molecule has 0 bridgehead atoms. The Morgan fingerprint density at radius 3 is 2.53 bits per heavy atom. The van der Waals surface area contributed by atoms with E-state index >= 15 is 0 Å². The van der Waals surface area contributed by atoms with Crippen molar-refractivity contribution in [2.75, 3.05) is 13.1 Å². The van der Waals surface area contributed by atoms with Gasteiger partial charge in [-0.05, 0) is 75.2 Å². The van der Waals surface area contributed by atoms with Crippen LogP contribution in [0.4, 0.5) is 4.79 Å². The maximum Gasteiger partial charge on any atom is 0.410 e. The van der Waals surface area contributed by atoms with Crippen molar-refractivity contribution in [2.24, 2.45) is 0 Å². The number of thiazole rings is 1. The lowest BCUT2D eigenvalue weighted by Gasteiger charge is -2.32. The molecule has 1 aromatic carbocycles. The van der Waals surface area contributed by atoms with Gasteiger partial charge in [0.2, 0.25) is 0 Å². The molecule has 4 rings (SSSR count). The molecule has 1 aliphatic heterocycles. The number of hydrogen-bond acceptors (Lipinski definition) is 8. The predicted octanol–water partition coefficient (Wildman–Crippen LogP) is 4.12. The highest BCUT2D eigenvalue weighted by Gasteiger charge is 2.29. The Morgan fingerprint density at radius 2 is 1.91 bits per heavy atom. The van der Waals surface area contributed by atoms with Crippen molar-refractivity contribution >= 4 is 17.4 Å². The Kier molecular flexibility index (Phi) is 6.40. The summed E-state index contributed by atoms with van der Waals surface area (Å²) in [7, 11) is 0. The van der Waals surface area contributed by atoms with E-state index in [1.54, 1.807) is 27.2 Å². The number of benzene rings is 1. The summed E-state index contributed by atoms with van der Waals surface area (Å²) < 4.78 is 13.1.